The van der Waals surface area contributed by atoms with E-state index in [0.717, 1.165) is 35.4 Å². The minimum atomic E-state index is -4.37. The van der Waals surface area contributed by atoms with E-state index in [1.165, 1.54) is 16.7 Å². The first-order chi connectivity index (χ1) is 19.6. The van der Waals surface area contributed by atoms with Gasteiger partial charge in [0.05, 0.1) is 27.4 Å². The van der Waals surface area contributed by atoms with E-state index in [-0.39, 0.29) is 38.2 Å². The number of para-hydroxylation sites is 2. The van der Waals surface area contributed by atoms with Gasteiger partial charge in [0.25, 0.3) is 10.0 Å². The van der Waals surface area contributed by atoms with Crippen molar-refractivity contribution in [1.29, 1.82) is 0 Å². The van der Waals surface area contributed by atoms with Gasteiger partial charge in [0, 0.05) is 0 Å². The molecule has 0 aliphatic carbocycles. The minimum Gasteiger partial charge on any atom is -0.305 e. The van der Waals surface area contributed by atoms with Crippen LogP contribution >= 0.6 is 0 Å². The molecule has 41 heavy (non-hydrogen) atoms. The molecule has 1 N–H and O–H groups in total. The number of benzene rings is 4. The molecule has 2 heterocycles. The third-order valence-electron chi connectivity index (χ3n) is 6.65. The average Bonchev–Trinajstić information content (AvgIpc) is 3.24. The summed E-state index contributed by atoms with van der Waals surface area (Å²) < 4.78 is 73.4. The summed E-state index contributed by atoms with van der Waals surface area (Å²) in [7, 11) is -8.69. The molecule has 0 spiro atoms. The van der Waals surface area contributed by atoms with E-state index in [9.17, 15) is 21.2 Å². The van der Waals surface area contributed by atoms with Gasteiger partial charge in [-0.25, -0.2) is 31.2 Å². The van der Waals surface area contributed by atoms with Crippen molar-refractivity contribution in [3.8, 4) is 0 Å². The molecule has 8 nitrogen and oxygen atoms in total. The Bertz CT molecular complexity index is 2130. The van der Waals surface area contributed by atoms with Crippen LogP contribution in [-0.4, -0.2) is 31.4 Å². The number of sulfone groups is 1. The highest BCUT2D eigenvalue weighted by Gasteiger charge is 2.34. The first-order valence-corrected chi connectivity index (χ1v) is 15.5. The maximum absolute atomic E-state index is 14.3. The van der Waals surface area contributed by atoms with Crippen LogP contribution in [0.4, 0.5) is 10.2 Å². The quantitative estimate of drug-likeness (QED) is 0.256. The summed E-state index contributed by atoms with van der Waals surface area (Å²) >= 11 is 0. The summed E-state index contributed by atoms with van der Waals surface area (Å²) in [5.41, 5.74) is 2.82. The highest BCUT2D eigenvalue weighted by Crippen LogP contribution is 2.38. The molecule has 0 bridgehead atoms. The molecular weight excluding hydrogens is 563 g/mol. The maximum atomic E-state index is 14.3. The molecule has 0 radical (unpaired) electrons. The van der Waals surface area contributed by atoms with Crippen LogP contribution in [0.15, 0.2) is 118 Å². The Balaban J connectivity index is 1.69. The second-order valence-electron chi connectivity index (χ2n) is 9.51. The fraction of sp³-hybridized carbons (Fsp3) is 0.0667. The number of fused-ring (bicyclic) bond motifs is 2. The minimum absolute atomic E-state index is 0.0250. The van der Waals surface area contributed by atoms with E-state index in [1.807, 2.05) is 37.3 Å². The molecule has 0 aliphatic rings. The van der Waals surface area contributed by atoms with Gasteiger partial charge in [-0.05, 0) is 61.0 Å². The van der Waals surface area contributed by atoms with Crippen molar-refractivity contribution in [3.63, 3.8) is 0 Å². The fourth-order valence-corrected chi connectivity index (χ4v) is 7.26. The molecule has 6 rings (SSSR count). The summed E-state index contributed by atoms with van der Waals surface area (Å²) in [5.74, 6) is -0.825. The van der Waals surface area contributed by atoms with Gasteiger partial charge in [-0.3, -0.25) is 4.72 Å². The monoisotopic (exact) mass is 586 g/mol. The van der Waals surface area contributed by atoms with E-state index < -0.39 is 25.7 Å². The molecule has 0 aliphatic heterocycles. The molecule has 2 aromatic heterocycles. The van der Waals surface area contributed by atoms with Crippen molar-refractivity contribution < 1.29 is 21.2 Å². The van der Waals surface area contributed by atoms with Crippen LogP contribution in [0.5, 0.6) is 0 Å². The van der Waals surface area contributed by atoms with Crippen molar-refractivity contribution in [2.75, 3.05) is 4.72 Å². The van der Waals surface area contributed by atoms with Crippen molar-refractivity contribution in [2.24, 2.45) is 0 Å². The first kappa shape index (κ1) is 26.6. The van der Waals surface area contributed by atoms with Gasteiger partial charge in [-0.15, -0.1) is 0 Å². The Morgan fingerprint density at radius 1 is 0.732 bits per heavy atom. The Morgan fingerprint density at radius 2 is 1.32 bits per heavy atom. The van der Waals surface area contributed by atoms with Crippen LogP contribution in [0, 0.1) is 12.7 Å². The van der Waals surface area contributed by atoms with Gasteiger partial charge in [-0.2, -0.15) is 0 Å². The number of hydrogen-bond acceptors (Lipinski definition) is 6. The van der Waals surface area contributed by atoms with Crippen molar-refractivity contribution in [1.82, 2.24) is 14.5 Å². The number of nitrogens with zero attached hydrogens (tertiary/aromatic N) is 3. The zero-order valence-electron chi connectivity index (χ0n) is 21.7. The van der Waals surface area contributed by atoms with Gasteiger partial charge in [-0.1, -0.05) is 60.2 Å². The van der Waals surface area contributed by atoms with Crippen LogP contribution in [0.2, 0.25) is 0 Å². The van der Waals surface area contributed by atoms with Crippen molar-refractivity contribution in [3.05, 3.63) is 120 Å². The zero-order valence-corrected chi connectivity index (χ0v) is 23.3. The molecule has 206 valence electrons. The molecule has 0 amide bonds. The molecule has 0 atom stereocenters. The Kier molecular flexibility index (Phi) is 6.55. The second kappa shape index (κ2) is 10.1. The summed E-state index contributed by atoms with van der Waals surface area (Å²) in [6.45, 7) is 1.93. The van der Waals surface area contributed by atoms with E-state index in [2.05, 4.69) is 9.71 Å². The van der Waals surface area contributed by atoms with Gasteiger partial charge >= 0.3 is 0 Å². The lowest BCUT2D eigenvalue weighted by Crippen LogP contribution is -2.18. The highest BCUT2D eigenvalue weighted by atomic mass is 32.2. The standard InChI is InChI=1S/C30H23FN4O4S2/c1-20-11-15-23(16-12-20)40(36,37)28-27-29(33-26-10-6-5-9-25(26)32-27)35(19-21-7-3-2-4-8-21)30(28)34-41(38,39)24-17-13-22(31)14-18-24/h2-18,34H,19H2,1H3. The number of hydrogen-bond donors (Lipinski definition) is 1. The summed E-state index contributed by atoms with van der Waals surface area (Å²) in [5, 5.41) is 0. The van der Waals surface area contributed by atoms with Gasteiger partial charge < -0.3 is 4.57 Å². The van der Waals surface area contributed by atoms with Crippen LogP contribution < -0.4 is 4.72 Å². The van der Waals surface area contributed by atoms with Gasteiger partial charge in [0.1, 0.15) is 22.0 Å². The number of nitrogens with one attached hydrogen (secondary N) is 1. The van der Waals surface area contributed by atoms with E-state index in [4.69, 9.17) is 4.98 Å². The number of rotatable bonds is 7. The maximum Gasteiger partial charge on any atom is 0.263 e. The lowest BCUT2D eigenvalue weighted by Gasteiger charge is -2.15. The van der Waals surface area contributed by atoms with Crippen LogP contribution in [-0.2, 0) is 26.4 Å². The predicted octanol–water partition coefficient (Wildman–Crippen LogP) is 5.71. The number of aromatic nitrogens is 3. The van der Waals surface area contributed by atoms with Gasteiger partial charge in [0.15, 0.2) is 5.65 Å². The van der Waals surface area contributed by atoms with E-state index in [0.29, 0.717) is 11.0 Å². The Labute approximate surface area is 236 Å². The molecule has 0 unspecified atom stereocenters. The molecule has 0 saturated heterocycles. The first-order valence-electron chi connectivity index (χ1n) is 12.6. The molecule has 0 saturated carbocycles. The molecule has 11 heteroatoms. The number of aryl methyl sites for hydroxylation is 1. The highest BCUT2D eigenvalue weighted by molar-refractivity contribution is 7.93. The largest absolute Gasteiger partial charge is 0.305 e. The second-order valence-corrected chi connectivity index (χ2v) is 13.1. The number of anilines is 1. The van der Waals surface area contributed by atoms with Crippen molar-refractivity contribution >= 4 is 47.9 Å². The summed E-state index contributed by atoms with van der Waals surface area (Å²) in [4.78, 5) is 8.83. The molecule has 6 aromatic rings. The van der Waals surface area contributed by atoms with Gasteiger partial charge in [0.2, 0.25) is 9.84 Å². The Hall–Kier alpha value is -4.61. The lowest BCUT2D eigenvalue weighted by molar-refractivity contribution is 0.596. The normalized spacial score (nSPS) is 12.1. The fourth-order valence-electron chi connectivity index (χ4n) is 4.58. The van der Waals surface area contributed by atoms with Crippen LogP contribution in [0.1, 0.15) is 11.1 Å². The van der Waals surface area contributed by atoms with Crippen molar-refractivity contribution in [2.45, 2.75) is 28.2 Å². The summed E-state index contributed by atoms with van der Waals surface area (Å²) in [6, 6.07) is 26.7. The smallest absolute Gasteiger partial charge is 0.263 e. The molecule has 0 fully saturated rings. The van der Waals surface area contributed by atoms with Crippen LogP contribution in [0.25, 0.3) is 22.2 Å². The third-order valence-corrected chi connectivity index (χ3v) is 9.82. The third kappa shape index (κ3) is 4.94. The zero-order chi connectivity index (χ0) is 28.8. The topological polar surface area (TPSA) is 111 Å². The average molecular weight is 587 g/mol. The summed E-state index contributed by atoms with van der Waals surface area (Å²) in [6.07, 6.45) is 0. The SMILES string of the molecule is Cc1ccc(S(=O)(=O)c2c(NS(=O)(=O)c3ccc(F)cc3)n(Cc3ccccc3)c3nc4ccccc4nc23)cc1. The lowest BCUT2D eigenvalue weighted by atomic mass is 10.2. The predicted molar refractivity (Wildman–Crippen MR) is 154 cm³/mol. The van der Waals surface area contributed by atoms with Crippen LogP contribution in [0.3, 0.4) is 0 Å². The molecular formula is C30H23FN4O4S2. The Morgan fingerprint density at radius 3 is 1.98 bits per heavy atom. The van der Waals surface area contributed by atoms with E-state index >= 15 is 0 Å². The van der Waals surface area contributed by atoms with E-state index in [1.54, 1.807) is 36.4 Å². The number of halogens is 1. The molecule has 4 aromatic carbocycles. The number of sulfonamides is 1.